The third kappa shape index (κ3) is 4.54. The molecule has 16 heavy (non-hydrogen) atoms. The third-order valence-electron chi connectivity index (χ3n) is 2.87. The second kappa shape index (κ2) is 6.93. The van der Waals surface area contributed by atoms with Gasteiger partial charge in [-0.2, -0.15) is 0 Å². The van der Waals surface area contributed by atoms with Crippen LogP contribution in [0.2, 0.25) is 5.02 Å². The molecule has 1 rings (SSSR count). The first-order valence-corrected chi connectivity index (χ1v) is 6.52. The molecule has 0 aliphatic rings. The first kappa shape index (κ1) is 13.5. The maximum absolute atomic E-state index is 6.18. The van der Waals surface area contributed by atoms with Crippen LogP contribution in [0.25, 0.3) is 0 Å². The Kier molecular flexibility index (Phi) is 5.86. The number of hydrogen-bond acceptors (Lipinski definition) is 1. The Morgan fingerprint density at radius 3 is 2.69 bits per heavy atom. The molecule has 0 aliphatic heterocycles. The van der Waals surface area contributed by atoms with E-state index in [-0.39, 0.29) is 6.04 Å². The van der Waals surface area contributed by atoms with E-state index in [1.807, 2.05) is 6.07 Å². The van der Waals surface area contributed by atoms with Crippen LogP contribution in [0.1, 0.15) is 43.7 Å². The molecule has 0 amide bonds. The average molecular weight is 240 g/mol. The van der Waals surface area contributed by atoms with Gasteiger partial charge in [0.2, 0.25) is 0 Å². The number of halogens is 1. The molecule has 0 saturated heterocycles. The molecule has 2 N–H and O–H groups in total. The number of unbranched alkanes of at least 4 members (excludes halogenated alkanes) is 2. The molecule has 2 heteroatoms. The van der Waals surface area contributed by atoms with Crippen LogP contribution in [0.15, 0.2) is 18.2 Å². The Balaban J connectivity index is 2.46. The van der Waals surface area contributed by atoms with Crippen molar-refractivity contribution in [2.45, 2.75) is 52.0 Å². The van der Waals surface area contributed by atoms with Crippen LogP contribution >= 0.6 is 11.6 Å². The smallest absolute Gasteiger partial charge is 0.0441 e. The first-order chi connectivity index (χ1) is 7.63. The first-order valence-electron chi connectivity index (χ1n) is 6.14. The molecular formula is C14H22ClN. The zero-order chi connectivity index (χ0) is 12.0. The topological polar surface area (TPSA) is 26.0 Å². The number of nitrogens with two attached hydrogens (primary N) is 1. The van der Waals surface area contributed by atoms with Gasteiger partial charge in [-0.3, -0.25) is 0 Å². The second-order valence-electron chi connectivity index (χ2n) is 4.55. The highest BCUT2D eigenvalue weighted by Gasteiger charge is 2.07. The molecule has 1 atom stereocenters. The maximum Gasteiger partial charge on any atom is 0.0441 e. The van der Waals surface area contributed by atoms with Gasteiger partial charge in [0, 0.05) is 11.1 Å². The van der Waals surface area contributed by atoms with E-state index in [0.717, 1.165) is 17.9 Å². The van der Waals surface area contributed by atoms with Crippen LogP contribution in [-0.2, 0) is 6.42 Å². The highest BCUT2D eigenvalue weighted by Crippen LogP contribution is 2.19. The van der Waals surface area contributed by atoms with Crippen molar-refractivity contribution in [1.29, 1.82) is 0 Å². The van der Waals surface area contributed by atoms with Crippen LogP contribution in [0.5, 0.6) is 0 Å². The van der Waals surface area contributed by atoms with E-state index in [1.54, 1.807) is 0 Å². The summed E-state index contributed by atoms with van der Waals surface area (Å²) in [5, 5.41) is 0.853. The molecule has 0 fully saturated rings. The lowest BCUT2D eigenvalue weighted by Crippen LogP contribution is -2.22. The van der Waals surface area contributed by atoms with Crippen molar-refractivity contribution in [3.05, 3.63) is 34.3 Å². The minimum absolute atomic E-state index is 0.242. The monoisotopic (exact) mass is 239 g/mol. The minimum atomic E-state index is 0.242. The molecule has 1 unspecified atom stereocenters. The fourth-order valence-electron chi connectivity index (χ4n) is 1.86. The third-order valence-corrected chi connectivity index (χ3v) is 3.22. The predicted molar refractivity (Wildman–Crippen MR) is 72.0 cm³/mol. The number of aryl methyl sites for hydroxylation is 1. The number of hydrogen-bond donors (Lipinski definition) is 1. The van der Waals surface area contributed by atoms with E-state index in [0.29, 0.717) is 0 Å². The molecule has 0 bridgehead atoms. The molecule has 1 aromatic carbocycles. The quantitative estimate of drug-likeness (QED) is 0.744. The van der Waals surface area contributed by atoms with Gasteiger partial charge in [-0.15, -0.1) is 0 Å². The fourth-order valence-corrected chi connectivity index (χ4v) is 2.17. The Hall–Kier alpha value is -0.530. The normalized spacial score (nSPS) is 12.8. The lowest BCUT2D eigenvalue weighted by molar-refractivity contribution is 0.557. The van der Waals surface area contributed by atoms with Crippen molar-refractivity contribution < 1.29 is 0 Å². The van der Waals surface area contributed by atoms with E-state index >= 15 is 0 Å². The molecule has 0 aromatic heterocycles. The Bertz CT molecular complexity index is 323. The van der Waals surface area contributed by atoms with Crippen molar-refractivity contribution in [3.8, 4) is 0 Å². The van der Waals surface area contributed by atoms with Gasteiger partial charge in [0.25, 0.3) is 0 Å². The molecule has 90 valence electrons. The molecule has 1 aromatic rings. The predicted octanol–water partition coefficient (Wildman–Crippen LogP) is 4.10. The summed E-state index contributed by atoms with van der Waals surface area (Å²) in [6, 6.07) is 6.44. The SMILES string of the molecule is CCCCCC(N)Cc1ccc(C)cc1Cl. The van der Waals surface area contributed by atoms with E-state index in [9.17, 15) is 0 Å². The van der Waals surface area contributed by atoms with Crippen molar-refractivity contribution in [1.82, 2.24) is 0 Å². The van der Waals surface area contributed by atoms with Crippen molar-refractivity contribution in [2.24, 2.45) is 5.73 Å². The van der Waals surface area contributed by atoms with Gasteiger partial charge in [0.15, 0.2) is 0 Å². The summed E-state index contributed by atoms with van der Waals surface area (Å²) < 4.78 is 0. The van der Waals surface area contributed by atoms with Gasteiger partial charge in [-0.25, -0.2) is 0 Å². The summed E-state index contributed by atoms with van der Waals surface area (Å²) in [7, 11) is 0. The van der Waals surface area contributed by atoms with Gasteiger partial charge in [-0.05, 0) is 37.0 Å². The highest BCUT2D eigenvalue weighted by atomic mass is 35.5. The molecule has 0 saturated carbocycles. The maximum atomic E-state index is 6.18. The zero-order valence-corrected chi connectivity index (χ0v) is 11.1. The Labute approximate surface area is 104 Å². The lowest BCUT2D eigenvalue weighted by atomic mass is 10.0. The van der Waals surface area contributed by atoms with Crippen LogP contribution in [0, 0.1) is 6.92 Å². The summed E-state index contributed by atoms with van der Waals surface area (Å²) in [5.41, 5.74) is 8.47. The highest BCUT2D eigenvalue weighted by molar-refractivity contribution is 6.31. The lowest BCUT2D eigenvalue weighted by Gasteiger charge is -2.12. The van der Waals surface area contributed by atoms with Gasteiger partial charge in [-0.1, -0.05) is 49.9 Å². The van der Waals surface area contributed by atoms with Crippen LogP contribution in [0.4, 0.5) is 0 Å². The van der Waals surface area contributed by atoms with Gasteiger partial charge >= 0.3 is 0 Å². The van der Waals surface area contributed by atoms with Crippen molar-refractivity contribution in [3.63, 3.8) is 0 Å². The number of benzene rings is 1. The molecule has 0 spiro atoms. The van der Waals surface area contributed by atoms with Gasteiger partial charge < -0.3 is 5.73 Å². The number of rotatable bonds is 6. The standard InChI is InChI=1S/C14H22ClN/c1-3-4-5-6-13(16)10-12-8-7-11(2)9-14(12)15/h7-9,13H,3-6,10,16H2,1-2H3. The molecule has 0 radical (unpaired) electrons. The van der Waals surface area contributed by atoms with Gasteiger partial charge in [0.1, 0.15) is 0 Å². The van der Waals surface area contributed by atoms with E-state index in [4.69, 9.17) is 17.3 Å². The summed E-state index contributed by atoms with van der Waals surface area (Å²) in [4.78, 5) is 0. The van der Waals surface area contributed by atoms with E-state index < -0.39 is 0 Å². The second-order valence-corrected chi connectivity index (χ2v) is 4.96. The summed E-state index contributed by atoms with van der Waals surface area (Å²) >= 11 is 6.18. The molecular weight excluding hydrogens is 218 g/mol. The average Bonchev–Trinajstić information content (AvgIpc) is 2.23. The van der Waals surface area contributed by atoms with E-state index in [1.165, 1.54) is 30.4 Å². The Morgan fingerprint density at radius 1 is 1.31 bits per heavy atom. The molecule has 1 nitrogen and oxygen atoms in total. The Morgan fingerprint density at radius 2 is 2.06 bits per heavy atom. The van der Waals surface area contributed by atoms with Crippen molar-refractivity contribution in [2.75, 3.05) is 0 Å². The summed E-state index contributed by atoms with van der Waals surface area (Å²) in [6.07, 6.45) is 5.73. The van der Waals surface area contributed by atoms with Gasteiger partial charge in [0.05, 0.1) is 0 Å². The minimum Gasteiger partial charge on any atom is -0.327 e. The molecule has 0 heterocycles. The summed E-state index contributed by atoms with van der Waals surface area (Å²) in [6.45, 7) is 4.26. The summed E-state index contributed by atoms with van der Waals surface area (Å²) in [5.74, 6) is 0. The fraction of sp³-hybridized carbons (Fsp3) is 0.571. The van der Waals surface area contributed by atoms with Crippen LogP contribution in [0.3, 0.4) is 0 Å². The van der Waals surface area contributed by atoms with Crippen molar-refractivity contribution >= 4 is 11.6 Å². The molecule has 0 aliphatic carbocycles. The van der Waals surface area contributed by atoms with Crippen LogP contribution in [-0.4, -0.2) is 6.04 Å². The van der Waals surface area contributed by atoms with E-state index in [2.05, 4.69) is 26.0 Å². The largest absolute Gasteiger partial charge is 0.327 e. The van der Waals surface area contributed by atoms with Crippen LogP contribution < -0.4 is 5.73 Å². The zero-order valence-electron chi connectivity index (χ0n) is 10.3.